The van der Waals surface area contributed by atoms with E-state index in [1.165, 1.54) is 5.56 Å². The third-order valence-electron chi connectivity index (χ3n) is 8.74. The summed E-state index contributed by atoms with van der Waals surface area (Å²) in [5.41, 5.74) is 4.97. The molecule has 3 aliphatic heterocycles. The van der Waals surface area contributed by atoms with E-state index in [1.807, 2.05) is 54.0 Å². The van der Waals surface area contributed by atoms with E-state index in [2.05, 4.69) is 36.4 Å². The molecule has 6 nitrogen and oxygen atoms in total. The van der Waals surface area contributed by atoms with Crippen molar-refractivity contribution in [3.63, 3.8) is 0 Å². The quantitative estimate of drug-likeness (QED) is 0.381. The lowest BCUT2D eigenvalue weighted by Gasteiger charge is -2.47. The fraction of sp³-hybridized carbons (Fsp3) is 0.412. The summed E-state index contributed by atoms with van der Waals surface area (Å²) in [7, 11) is 0. The van der Waals surface area contributed by atoms with Crippen LogP contribution in [-0.2, 0) is 17.6 Å². The van der Waals surface area contributed by atoms with E-state index in [0.29, 0.717) is 37.0 Å². The number of carbonyl (C=O) groups is 2. The van der Waals surface area contributed by atoms with Gasteiger partial charge in [-0.1, -0.05) is 48.5 Å². The number of benzene rings is 3. The molecule has 1 fully saturated rings. The first-order valence-electron chi connectivity index (χ1n) is 14.7. The van der Waals surface area contributed by atoms with Crippen LogP contribution in [0.2, 0.25) is 0 Å². The highest BCUT2D eigenvalue weighted by molar-refractivity contribution is 6.01. The summed E-state index contributed by atoms with van der Waals surface area (Å²) in [5.74, 6) is 1.64. The monoisotopic (exact) mass is 538 g/mol. The highest BCUT2D eigenvalue weighted by atomic mass is 16.5. The van der Waals surface area contributed by atoms with Crippen LogP contribution in [0, 0.1) is 5.92 Å². The summed E-state index contributed by atoms with van der Waals surface area (Å²) in [6, 6.07) is 22.0. The minimum absolute atomic E-state index is 0.00344. The van der Waals surface area contributed by atoms with E-state index in [-0.39, 0.29) is 17.9 Å². The lowest BCUT2D eigenvalue weighted by atomic mass is 9.75. The van der Waals surface area contributed by atoms with Gasteiger partial charge in [0.1, 0.15) is 0 Å². The summed E-state index contributed by atoms with van der Waals surface area (Å²) in [6.45, 7) is 7.04. The summed E-state index contributed by atoms with van der Waals surface area (Å²) in [4.78, 5) is 32.2. The predicted octanol–water partition coefficient (Wildman–Crippen LogP) is 5.80. The molecule has 6 rings (SSSR count). The normalized spacial score (nSPS) is 20.4. The Morgan fingerprint density at radius 2 is 1.52 bits per heavy atom. The van der Waals surface area contributed by atoms with Crippen molar-refractivity contribution in [3.05, 3.63) is 94.5 Å². The zero-order valence-corrected chi connectivity index (χ0v) is 23.5. The van der Waals surface area contributed by atoms with Gasteiger partial charge in [0.15, 0.2) is 11.5 Å². The Morgan fingerprint density at radius 1 is 0.850 bits per heavy atom. The van der Waals surface area contributed by atoms with Crippen molar-refractivity contribution >= 4 is 11.8 Å². The van der Waals surface area contributed by atoms with Gasteiger partial charge in [0.2, 0.25) is 5.91 Å². The molecule has 208 valence electrons. The van der Waals surface area contributed by atoms with Gasteiger partial charge in [-0.15, -0.1) is 0 Å². The topological polar surface area (TPSA) is 59.1 Å². The maximum atomic E-state index is 14.5. The molecule has 3 aromatic rings. The van der Waals surface area contributed by atoms with Crippen molar-refractivity contribution in [3.8, 4) is 11.5 Å². The van der Waals surface area contributed by atoms with Crippen LogP contribution in [0.4, 0.5) is 0 Å². The molecule has 0 N–H and O–H groups in total. The summed E-state index contributed by atoms with van der Waals surface area (Å²) < 4.78 is 11.9. The zero-order chi connectivity index (χ0) is 27.6. The van der Waals surface area contributed by atoms with Gasteiger partial charge in [0, 0.05) is 25.2 Å². The van der Waals surface area contributed by atoms with Gasteiger partial charge in [-0.2, -0.15) is 0 Å². The van der Waals surface area contributed by atoms with Gasteiger partial charge in [-0.05, 0) is 85.9 Å². The van der Waals surface area contributed by atoms with E-state index in [4.69, 9.17) is 9.47 Å². The molecule has 1 saturated heterocycles. The van der Waals surface area contributed by atoms with Crippen molar-refractivity contribution in [2.24, 2.45) is 5.92 Å². The van der Waals surface area contributed by atoms with Crippen molar-refractivity contribution in [1.29, 1.82) is 0 Å². The largest absolute Gasteiger partial charge is 0.490 e. The molecule has 0 aromatic heterocycles. The smallest absolute Gasteiger partial charge is 0.254 e. The number of fused-ring (bicyclic) bond motifs is 4. The number of amides is 2. The third kappa shape index (κ3) is 4.85. The molecule has 0 saturated carbocycles. The Balaban J connectivity index is 1.33. The van der Waals surface area contributed by atoms with Gasteiger partial charge in [-0.25, -0.2) is 0 Å². The van der Waals surface area contributed by atoms with Crippen LogP contribution in [0.15, 0.2) is 66.7 Å². The molecule has 0 radical (unpaired) electrons. The van der Waals surface area contributed by atoms with E-state index >= 15 is 0 Å². The summed E-state index contributed by atoms with van der Waals surface area (Å²) in [6.07, 6.45) is 3.75. The number of rotatable bonds is 7. The zero-order valence-electron chi connectivity index (χ0n) is 23.5. The Labute approximate surface area is 236 Å². The van der Waals surface area contributed by atoms with Gasteiger partial charge in [-0.3, -0.25) is 9.59 Å². The molecule has 3 heterocycles. The summed E-state index contributed by atoms with van der Waals surface area (Å²) >= 11 is 0. The number of ether oxygens (including phenoxy) is 2. The first-order chi connectivity index (χ1) is 19.6. The lowest BCUT2D eigenvalue weighted by Crippen LogP contribution is -2.51. The second-order valence-electron chi connectivity index (χ2n) is 11.1. The first kappa shape index (κ1) is 26.4. The molecule has 3 aromatic carbocycles. The maximum Gasteiger partial charge on any atom is 0.254 e. The van der Waals surface area contributed by atoms with Crippen LogP contribution in [0.5, 0.6) is 11.5 Å². The van der Waals surface area contributed by atoms with Gasteiger partial charge in [0.25, 0.3) is 5.91 Å². The van der Waals surface area contributed by atoms with Crippen LogP contribution < -0.4 is 9.47 Å². The highest BCUT2D eigenvalue weighted by Crippen LogP contribution is 2.49. The second-order valence-corrected chi connectivity index (χ2v) is 11.1. The minimum Gasteiger partial charge on any atom is -0.490 e. The molecule has 0 bridgehead atoms. The fourth-order valence-corrected chi connectivity index (χ4v) is 6.84. The van der Waals surface area contributed by atoms with Gasteiger partial charge in [0.05, 0.1) is 25.2 Å². The van der Waals surface area contributed by atoms with E-state index in [0.717, 1.165) is 61.2 Å². The van der Waals surface area contributed by atoms with Crippen molar-refractivity contribution in [1.82, 2.24) is 9.80 Å². The average molecular weight is 539 g/mol. The SMILES string of the molecule is CCOc1cc2c(cc1OCC)[C@H]1[C@@H](C(=O)N3CCC(Cc4ccccc4)CC3)c3ccccc3C(=O)N1CC2. The van der Waals surface area contributed by atoms with E-state index in [9.17, 15) is 9.59 Å². The van der Waals surface area contributed by atoms with Crippen LogP contribution in [-0.4, -0.2) is 54.5 Å². The Morgan fingerprint density at radius 3 is 2.25 bits per heavy atom. The van der Waals surface area contributed by atoms with E-state index in [1.54, 1.807) is 0 Å². The average Bonchev–Trinajstić information content (AvgIpc) is 2.98. The highest BCUT2D eigenvalue weighted by Gasteiger charge is 2.48. The van der Waals surface area contributed by atoms with Crippen molar-refractivity contribution < 1.29 is 19.1 Å². The maximum absolute atomic E-state index is 14.5. The molecule has 40 heavy (non-hydrogen) atoms. The minimum atomic E-state index is -0.453. The molecule has 0 spiro atoms. The molecule has 3 aliphatic rings. The van der Waals surface area contributed by atoms with Crippen LogP contribution in [0.25, 0.3) is 0 Å². The van der Waals surface area contributed by atoms with Crippen LogP contribution in [0.1, 0.15) is 71.3 Å². The van der Waals surface area contributed by atoms with Crippen LogP contribution in [0.3, 0.4) is 0 Å². The molecule has 0 unspecified atom stereocenters. The Hall–Kier alpha value is -3.80. The second kappa shape index (κ2) is 11.4. The van der Waals surface area contributed by atoms with Crippen molar-refractivity contribution in [2.45, 2.75) is 51.5 Å². The Bertz CT molecular complexity index is 1380. The van der Waals surface area contributed by atoms with Gasteiger partial charge >= 0.3 is 0 Å². The molecule has 2 amide bonds. The lowest BCUT2D eigenvalue weighted by molar-refractivity contribution is -0.136. The first-order valence-corrected chi connectivity index (χ1v) is 14.7. The summed E-state index contributed by atoms with van der Waals surface area (Å²) in [5, 5.41) is 0. The molecule has 2 atom stereocenters. The number of hydrogen-bond acceptors (Lipinski definition) is 4. The standard InChI is InChI=1S/C34H38N2O4/c1-3-39-29-21-25-16-19-36-32(28(25)22-30(29)40-4-2)31(26-12-8-9-13-27(26)33(36)37)34(38)35-17-14-24(15-18-35)20-23-10-6-5-7-11-23/h5-13,21-22,24,31-32H,3-4,14-20H2,1-2H3/t31-,32-/m0/s1. The molecular formula is C34H38N2O4. The predicted molar refractivity (Wildman–Crippen MR) is 155 cm³/mol. The van der Waals surface area contributed by atoms with Crippen LogP contribution >= 0.6 is 0 Å². The third-order valence-corrected chi connectivity index (χ3v) is 8.74. The van der Waals surface area contributed by atoms with Gasteiger partial charge < -0.3 is 19.3 Å². The number of carbonyl (C=O) groups excluding carboxylic acids is 2. The van der Waals surface area contributed by atoms with E-state index < -0.39 is 5.92 Å². The fourth-order valence-electron chi connectivity index (χ4n) is 6.84. The number of nitrogens with zero attached hydrogens (tertiary/aromatic N) is 2. The number of piperidine rings is 1. The molecular weight excluding hydrogens is 500 g/mol. The number of likely N-dealkylation sites (tertiary alicyclic amines) is 1. The number of hydrogen-bond donors (Lipinski definition) is 0. The molecule has 0 aliphatic carbocycles. The van der Waals surface area contributed by atoms with Crippen molar-refractivity contribution in [2.75, 3.05) is 32.8 Å². The Kier molecular flexibility index (Phi) is 7.50. The molecule has 6 heteroatoms.